The highest BCUT2D eigenvalue weighted by atomic mass is 19.1. The quantitative estimate of drug-likeness (QED) is 0.881. The number of ether oxygens (including phenoxy) is 1. The molecule has 0 aliphatic heterocycles. The van der Waals surface area contributed by atoms with Crippen LogP contribution in [0.1, 0.15) is 5.56 Å². The van der Waals surface area contributed by atoms with E-state index in [-0.39, 0.29) is 5.82 Å². The third-order valence-electron chi connectivity index (χ3n) is 2.35. The van der Waals surface area contributed by atoms with Gasteiger partial charge < -0.3 is 10.1 Å². The second-order valence-electron chi connectivity index (χ2n) is 3.62. The van der Waals surface area contributed by atoms with Crippen molar-refractivity contribution in [3.05, 3.63) is 47.8 Å². The summed E-state index contributed by atoms with van der Waals surface area (Å²) in [5, 5.41) is 2.91. The summed E-state index contributed by atoms with van der Waals surface area (Å²) in [4.78, 5) is 4.18. The zero-order valence-electron chi connectivity index (χ0n) is 9.70. The minimum atomic E-state index is -0.285. The first kappa shape index (κ1) is 11.4. The van der Waals surface area contributed by atoms with E-state index in [0.717, 1.165) is 0 Å². The van der Waals surface area contributed by atoms with Crippen molar-refractivity contribution in [2.24, 2.45) is 0 Å². The van der Waals surface area contributed by atoms with E-state index in [9.17, 15) is 4.39 Å². The molecular formula is C13H13FN2O. The second kappa shape index (κ2) is 4.82. The maximum absolute atomic E-state index is 13.3. The van der Waals surface area contributed by atoms with Crippen LogP contribution in [0.25, 0.3) is 0 Å². The Balaban J connectivity index is 2.22. The summed E-state index contributed by atoms with van der Waals surface area (Å²) in [6.45, 7) is 1.71. The number of rotatable bonds is 3. The van der Waals surface area contributed by atoms with E-state index in [2.05, 4.69) is 10.3 Å². The number of anilines is 1. The fourth-order valence-electron chi connectivity index (χ4n) is 1.37. The van der Waals surface area contributed by atoms with Gasteiger partial charge in [-0.1, -0.05) is 12.1 Å². The molecule has 2 aromatic rings. The number of halogens is 1. The van der Waals surface area contributed by atoms with Gasteiger partial charge in [0.2, 0.25) is 5.88 Å². The molecule has 0 aliphatic rings. The van der Waals surface area contributed by atoms with Gasteiger partial charge in [-0.15, -0.1) is 0 Å². The maximum atomic E-state index is 13.3. The Morgan fingerprint density at radius 2 is 2.06 bits per heavy atom. The van der Waals surface area contributed by atoms with Gasteiger partial charge in [-0.2, -0.15) is 4.98 Å². The molecule has 0 fully saturated rings. The van der Waals surface area contributed by atoms with Crippen LogP contribution in [0.4, 0.5) is 10.2 Å². The third-order valence-corrected chi connectivity index (χ3v) is 2.35. The summed E-state index contributed by atoms with van der Waals surface area (Å²) in [7, 11) is 1.78. The number of pyridine rings is 1. The molecule has 0 amide bonds. The lowest BCUT2D eigenvalue weighted by molar-refractivity contribution is 0.458. The molecule has 0 saturated carbocycles. The number of benzene rings is 1. The number of nitrogens with zero attached hydrogens (tertiary/aromatic N) is 1. The highest BCUT2D eigenvalue weighted by molar-refractivity contribution is 5.38. The molecule has 3 nitrogen and oxygen atoms in total. The van der Waals surface area contributed by atoms with Crippen molar-refractivity contribution >= 4 is 5.82 Å². The second-order valence-corrected chi connectivity index (χ2v) is 3.62. The molecule has 17 heavy (non-hydrogen) atoms. The first-order chi connectivity index (χ1) is 8.19. The fraction of sp³-hybridized carbons (Fsp3) is 0.154. The average molecular weight is 232 g/mol. The lowest BCUT2D eigenvalue weighted by Gasteiger charge is -2.07. The van der Waals surface area contributed by atoms with Crippen LogP contribution in [0.5, 0.6) is 11.6 Å². The van der Waals surface area contributed by atoms with Gasteiger partial charge in [0.25, 0.3) is 0 Å². The molecule has 0 aliphatic carbocycles. The minimum absolute atomic E-state index is 0.285. The SMILES string of the molecule is CNc1cccc(Oc2ccc(C)c(F)c2)n1. The predicted octanol–water partition coefficient (Wildman–Crippen LogP) is 3.36. The Morgan fingerprint density at radius 1 is 1.24 bits per heavy atom. The lowest BCUT2D eigenvalue weighted by Crippen LogP contribution is -1.94. The molecule has 0 radical (unpaired) electrons. The monoisotopic (exact) mass is 232 g/mol. The molecule has 4 heteroatoms. The van der Waals surface area contributed by atoms with Crippen molar-refractivity contribution in [3.63, 3.8) is 0 Å². The van der Waals surface area contributed by atoms with Gasteiger partial charge in [-0.25, -0.2) is 4.39 Å². The fourth-order valence-corrected chi connectivity index (χ4v) is 1.37. The molecule has 0 saturated heterocycles. The van der Waals surface area contributed by atoms with Gasteiger partial charge in [0.15, 0.2) is 0 Å². The third kappa shape index (κ3) is 2.72. The summed E-state index contributed by atoms with van der Waals surface area (Å²) in [5.41, 5.74) is 0.592. The molecule has 2 rings (SSSR count). The summed E-state index contributed by atoms with van der Waals surface area (Å²) >= 11 is 0. The Kier molecular flexibility index (Phi) is 3.23. The van der Waals surface area contributed by atoms with Gasteiger partial charge >= 0.3 is 0 Å². The van der Waals surface area contributed by atoms with Crippen LogP contribution in [-0.4, -0.2) is 12.0 Å². The zero-order chi connectivity index (χ0) is 12.3. The molecule has 0 bridgehead atoms. The first-order valence-electron chi connectivity index (χ1n) is 5.28. The van der Waals surface area contributed by atoms with Gasteiger partial charge in [0, 0.05) is 19.2 Å². The van der Waals surface area contributed by atoms with E-state index in [1.54, 1.807) is 32.2 Å². The Hall–Kier alpha value is -2.10. The average Bonchev–Trinajstić information content (AvgIpc) is 2.34. The van der Waals surface area contributed by atoms with Crippen LogP contribution in [0.15, 0.2) is 36.4 Å². The zero-order valence-corrected chi connectivity index (χ0v) is 9.70. The van der Waals surface area contributed by atoms with Crippen LogP contribution < -0.4 is 10.1 Å². The van der Waals surface area contributed by atoms with Gasteiger partial charge in [0.1, 0.15) is 17.4 Å². The summed E-state index contributed by atoms with van der Waals surface area (Å²) in [6, 6.07) is 10.1. The molecule has 1 aromatic heterocycles. The molecular weight excluding hydrogens is 219 g/mol. The summed E-state index contributed by atoms with van der Waals surface area (Å²) < 4.78 is 18.8. The van der Waals surface area contributed by atoms with Crippen LogP contribution in [-0.2, 0) is 0 Å². The van der Waals surface area contributed by atoms with Gasteiger partial charge in [-0.3, -0.25) is 0 Å². The molecule has 0 unspecified atom stereocenters. The lowest BCUT2D eigenvalue weighted by atomic mass is 10.2. The number of hydrogen-bond donors (Lipinski definition) is 1. The predicted molar refractivity (Wildman–Crippen MR) is 65.0 cm³/mol. The van der Waals surface area contributed by atoms with Gasteiger partial charge in [-0.05, 0) is 24.6 Å². The van der Waals surface area contributed by atoms with Crippen molar-refractivity contribution in [1.29, 1.82) is 0 Å². The van der Waals surface area contributed by atoms with Crippen LogP contribution in [0, 0.1) is 12.7 Å². The molecule has 1 heterocycles. The standard InChI is InChI=1S/C13H13FN2O/c1-9-6-7-10(8-11(9)14)17-13-5-3-4-12(15-2)16-13/h3-8H,1-2H3,(H,15,16). The number of aryl methyl sites for hydroxylation is 1. The molecule has 0 spiro atoms. The summed E-state index contributed by atoms with van der Waals surface area (Å²) in [5.74, 6) is 1.29. The summed E-state index contributed by atoms with van der Waals surface area (Å²) in [6.07, 6.45) is 0. The Morgan fingerprint density at radius 3 is 2.76 bits per heavy atom. The van der Waals surface area contributed by atoms with Crippen LogP contribution in [0.3, 0.4) is 0 Å². The van der Waals surface area contributed by atoms with E-state index in [4.69, 9.17) is 4.74 Å². The topological polar surface area (TPSA) is 34.1 Å². The largest absolute Gasteiger partial charge is 0.439 e. The molecule has 1 N–H and O–H groups in total. The maximum Gasteiger partial charge on any atom is 0.221 e. The molecule has 0 atom stereocenters. The van der Waals surface area contributed by atoms with E-state index >= 15 is 0 Å². The van der Waals surface area contributed by atoms with Crippen molar-refractivity contribution in [3.8, 4) is 11.6 Å². The number of hydrogen-bond acceptors (Lipinski definition) is 3. The van der Waals surface area contributed by atoms with E-state index in [0.29, 0.717) is 23.0 Å². The smallest absolute Gasteiger partial charge is 0.221 e. The van der Waals surface area contributed by atoms with Crippen LogP contribution >= 0.6 is 0 Å². The molecule has 1 aromatic carbocycles. The van der Waals surface area contributed by atoms with E-state index < -0.39 is 0 Å². The Bertz CT molecular complexity index is 529. The van der Waals surface area contributed by atoms with Crippen molar-refractivity contribution < 1.29 is 9.13 Å². The van der Waals surface area contributed by atoms with Gasteiger partial charge in [0.05, 0.1) is 0 Å². The number of aromatic nitrogens is 1. The van der Waals surface area contributed by atoms with E-state index in [1.165, 1.54) is 6.07 Å². The first-order valence-corrected chi connectivity index (χ1v) is 5.28. The highest BCUT2D eigenvalue weighted by Crippen LogP contribution is 2.22. The van der Waals surface area contributed by atoms with Crippen molar-refractivity contribution in [1.82, 2.24) is 4.98 Å². The van der Waals surface area contributed by atoms with Crippen molar-refractivity contribution in [2.45, 2.75) is 6.92 Å². The van der Waals surface area contributed by atoms with E-state index in [1.807, 2.05) is 12.1 Å². The van der Waals surface area contributed by atoms with Crippen LogP contribution in [0.2, 0.25) is 0 Å². The van der Waals surface area contributed by atoms with Crippen molar-refractivity contribution in [2.75, 3.05) is 12.4 Å². The normalized spacial score (nSPS) is 10.1. The minimum Gasteiger partial charge on any atom is -0.439 e. The molecule has 88 valence electrons. The number of nitrogens with one attached hydrogen (secondary N) is 1. The Labute approximate surface area is 99.3 Å². The highest BCUT2D eigenvalue weighted by Gasteiger charge is 2.03.